The molecule has 2 aliphatic rings. The molecule has 7 nitrogen and oxygen atoms in total. The van der Waals surface area contributed by atoms with Gasteiger partial charge in [0.2, 0.25) is 0 Å². The van der Waals surface area contributed by atoms with Gasteiger partial charge >= 0.3 is 0 Å². The number of nitrogens with zero attached hydrogens (tertiary/aromatic N) is 3. The number of benzene rings is 1. The van der Waals surface area contributed by atoms with Crippen molar-refractivity contribution in [2.75, 3.05) is 12.3 Å². The predicted octanol–water partition coefficient (Wildman–Crippen LogP) is 4.50. The number of hydrogen-bond donors (Lipinski definition) is 2. The first-order chi connectivity index (χ1) is 15.9. The third-order valence-electron chi connectivity index (χ3n) is 6.03. The summed E-state index contributed by atoms with van der Waals surface area (Å²) in [6.07, 6.45) is 5.48. The van der Waals surface area contributed by atoms with Gasteiger partial charge in [-0.15, -0.1) is 0 Å². The standard InChI is InChI=1S/C25H26FN5O2/c1-13-20-9-18(26)5-6-19(20)24-21(31-14(2)33-24)7-16(10-27)23(29-11-15-3-4-15)17-8-22(32-13)25(28)30-12-17/h5-6,8-10,12-13,15H,3-4,7,11,27H2,1-2H3,(H2,28,30)/t13-/m1/s1. The Bertz CT molecular complexity index is 1280. The molecule has 170 valence electrons. The Morgan fingerprint density at radius 1 is 1.27 bits per heavy atom. The molecule has 0 radical (unpaired) electrons. The van der Waals surface area contributed by atoms with E-state index in [2.05, 4.69) is 9.97 Å². The zero-order valence-corrected chi connectivity index (χ0v) is 18.6. The maximum absolute atomic E-state index is 14.2. The van der Waals surface area contributed by atoms with Gasteiger partial charge in [-0.2, -0.15) is 0 Å². The van der Waals surface area contributed by atoms with E-state index < -0.39 is 6.10 Å². The highest BCUT2D eigenvalue weighted by Crippen LogP contribution is 2.37. The number of oxazole rings is 1. The number of aryl methyl sites for hydroxylation is 1. The second-order valence-corrected chi connectivity index (χ2v) is 8.61. The number of nitrogens with two attached hydrogens (primary N) is 2. The zero-order valence-electron chi connectivity index (χ0n) is 18.6. The summed E-state index contributed by atoms with van der Waals surface area (Å²) < 4.78 is 26.4. The average molecular weight is 448 g/mol. The Hall–Kier alpha value is -3.68. The molecule has 1 aliphatic heterocycles. The summed E-state index contributed by atoms with van der Waals surface area (Å²) in [5.74, 6) is 1.96. The van der Waals surface area contributed by atoms with Crippen molar-refractivity contribution in [1.82, 2.24) is 9.97 Å². The van der Waals surface area contributed by atoms with Crippen LogP contribution in [0.25, 0.3) is 11.3 Å². The maximum Gasteiger partial charge on any atom is 0.192 e. The lowest BCUT2D eigenvalue weighted by Gasteiger charge is -2.21. The van der Waals surface area contributed by atoms with Crippen LogP contribution in [0.1, 0.15) is 48.6 Å². The Labute approximate surface area is 191 Å². The zero-order chi connectivity index (χ0) is 23.1. The van der Waals surface area contributed by atoms with Crippen molar-refractivity contribution < 1.29 is 13.5 Å². The van der Waals surface area contributed by atoms with Gasteiger partial charge in [0, 0.05) is 42.8 Å². The van der Waals surface area contributed by atoms with E-state index in [1.165, 1.54) is 25.0 Å². The van der Waals surface area contributed by atoms with E-state index in [1.807, 2.05) is 13.0 Å². The molecule has 0 unspecified atom stereocenters. The average Bonchev–Trinajstić information content (AvgIpc) is 3.55. The first-order valence-electron chi connectivity index (χ1n) is 11.1. The van der Waals surface area contributed by atoms with Crippen molar-refractivity contribution >= 4 is 11.5 Å². The summed E-state index contributed by atoms with van der Waals surface area (Å²) >= 11 is 0. The van der Waals surface area contributed by atoms with Gasteiger partial charge in [0.15, 0.2) is 23.2 Å². The summed E-state index contributed by atoms with van der Waals surface area (Å²) in [7, 11) is 0. The molecule has 3 heterocycles. The van der Waals surface area contributed by atoms with Crippen molar-refractivity contribution in [3.05, 3.63) is 70.8 Å². The van der Waals surface area contributed by atoms with Gasteiger partial charge in [0.25, 0.3) is 0 Å². The molecule has 33 heavy (non-hydrogen) atoms. The number of pyridine rings is 1. The molecule has 0 amide bonds. The maximum atomic E-state index is 14.2. The molecular formula is C25H26FN5O2. The summed E-state index contributed by atoms with van der Waals surface area (Å²) in [5, 5.41) is 0. The van der Waals surface area contributed by atoms with Crippen molar-refractivity contribution in [1.29, 1.82) is 0 Å². The van der Waals surface area contributed by atoms with Crippen molar-refractivity contribution in [2.45, 2.75) is 39.2 Å². The van der Waals surface area contributed by atoms with Gasteiger partial charge in [0.1, 0.15) is 11.9 Å². The fraction of sp³-hybridized carbons (Fsp3) is 0.320. The molecule has 1 aromatic carbocycles. The van der Waals surface area contributed by atoms with Crippen LogP contribution in [0.4, 0.5) is 10.2 Å². The molecule has 1 atom stereocenters. The van der Waals surface area contributed by atoms with Crippen LogP contribution in [-0.4, -0.2) is 22.2 Å². The van der Waals surface area contributed by atoms with Crippen LogP contribution in [0.5, 0.6) is 5.75 Å². The summed E-state index contributed by atoms with van der Waals surface area (Å²) in [6.45, 7) is 4.35. The number of halogens is 1. The molecule has 2 bridgehead atoms. The SMILES string of the molecule is Cc1nc2c(o1)-c1ccc(F)cc1[C@@H](C)Oc1cc(cnc1N)C(=NCC1CC1)C(=CN)C2. The van der Waals surface area contributed by atoms with Crippen molar-refractivity contribution in [3.63, 3.8) is 0 Å². The molecule has 0 saturated heterocycles. The van der Waals surface area contributed by atoms with Crippen LogP contribution < -0.4 is 16.2 Å². The number of rotatable bonds is 2. The Morgan fingerprint density at radius 3 is 2.85 bits per heavy atom. The molecule has 0 spiro atoms. The van der Waals surface area contributed by atoms with Gasteiger partial charge < -0.3 is 20.6 Å². The lowest BCUT2D eigenvalue weighted by atomic mass is 9.95. The molecule has 3 aromatic rings. The van der Waals surface area contributed by atoms with Crippen molar-refractivity contribution in [2.24, 2.45) is 16.6 Å². The molecule has 4 N–H and O–H groups in total. The van der Waals surface area contributed by atoms with E-state index in [-0.39, 0.29) is 11.6 Å². The predicted molar refractivity (Wildman–Crippen MR) is 124 cm³/mol. The third-order valence-corrected chi connectivity index (χ3v) is 6.03. The van der Waals surface area contributed by atoms with E-state index in [1.54, 1.807) is 25.4 Å². The van der Waals surface area contributed by atoms with E-state index >= 15 is 0 Å². The van der Waals surface area contributed by atoms with Gasteiger partial charge in [-0.05, 0) is 61.7 Å². The summed E-state index contributed by atoms with van der Waals surface area (Å²) in [5.41, 5.74) is 16.5. The minimum Gasteiger partial charge on any atom is -0.482 e. The fourth-order valence-corrected chi connectivity index (χ4v) is 4.11. The van der Waals surface area contributed by atoms with Gasteiger partial charge in [-0.25, -0.2) is 14.4 Å². The van der Waals surface area contributed by atoms with E-state index in [0.29, 0.717) is 46.6 Å². The highest BCUT2D eigenvalue weighted by atomic mass is 19.1. The Kier molecular flexibility index (Phi) is 5.36. The number of anilines is 1. The number of ether oxygens (including phenoxy) is 1. The lowest BCUT2D eigenvalue weighted by molar-refractivity contribution is 0.227. The van der Waals surface area contributed by atoms with Crippen LogP contribution >= 0.6 is 0 Å². The third kappa shape index (κ3) is 4.20. The van der Waals surface area contributed by atoms with E-state index in [0.717, 1.165) is 23.4 Å². The number of aromatic nitrogens is 2. The molecule has 1 saturated carbocycles. The Morgan fingerprint density at radius 2 is 2.09 bits per heavy atom. The highest BCUT2D eigenvalue weighted by Gasteiger charge is 2.26. The summed E-state index contributed by atoms with van der Waals surface area (Å²) in [4.78, 5) is 13.9. The molecule has 1 aliphatic carbocycles. The van der Waals surface area contributed by atoms with E-state index in [4.69, 9.17) is 25.6 Å². The van der Waals surface area contributed by atoms with Crippen molar-refractivity contribution in [3.8, 4) is 17.1 Å². The molecule has 8 heteroatoms. The number of fused-ring (bicyclic) bond motifs is 5. The fourth-order valence-electron chi connectivity index (χ4n) is 4.11. The van der Waals surface area contributed by atoms with Crippen LogP contribution in [0.3, 0.4) is 0 Å². The van der Waals surface area contributed by atoms with Gasteiger partial charge in [-0.3, -0.25) is 4.99 Å². The highest BCUT2D eigenvalue weighted by molar-refractivity contribution is 6.13. The lowest BCUT2D eigenvalue weighted by Crippen LogP contribution is -2.15. The smallest absolute Gasteiger partial charge is 0.192 e. The second kappa shape index (κ2) is 8.35. The molecule has 1 fully saturated rings. The van der Waals surface area contributed by atoms with Crippen LogP contribution in [0, 0.1) is 18.7 Å². The molecule has 5 rings (SSSR count). The van der Waals surface area contributed by atoms with E-state index in [9.17, 15) is 4.39 Å². The topological polar surface area (TPSA) is 113 Å². The van der Waals surface area contributed by atoms with Crippen LogP contribution in [-0.2, 0) is 6.42 Å². The first kappa shape index (κ1) is 21.2. The summed E-state index contributed by atoms with van der Waals surface area (Å²) in [6, 6.07) is 6.36. The minimum atomic E-state index is -0.524. The number of aliphatic imine (C=N–C) groups is 1. The van der Waals surface area contributed by atoms with Crippen LogP contribution in [0.2, 0.25) is 0 Å². The number of hydrogen-bond acceptors (Lipinski definition) is 7. The number of nitrogen functional groups attached to an aromatic ring is 1. The largest absolute Gasteiger partial charge is 0.482 e. The van der Waals surface area contributed by atoms with Gasteiger partial charge in [0.05, 0.1) is 11.4 Å². The monoisotopic (exact) mass is 447 g/mol. The minimum absolute atomic E-state index is 0.247. The normalized spacial score (nSPS) is 20.5. The van der Waals surface area contributed by atoms with Crippen LogP contribution in [0.15, 0.2) is 51.6 Å². The Balaban J connectivity index is 1.72. The molecule has 2 aromatic heterocycles. The first-order valence-corrected chi connectivity index (χ1v) is 11.1. The molecular weight excluding hydrogens is 421 g/mol. The second-order valence-electron chi connectivity index (χ2n) is 8.61. The van der Waals surface area contributed by atoms with Gasteiger partial charge in [-0.1, -0.05) is 0 Å². The quantitative estimate of drug-likeness (QED) is 0.598. The number of allylic oxidation sites excluding steroid dienone is 1.